The molecule has 0 nitrogen and oxygen atoms in total. The molecule has 24 heavy (non-hydrogen) atoms. The van der Waals surface area contributed by atoms with Gasteiger partial charge in [-0.2, -0.15) is 35.0 Å². The first-order chi connectivity index (χ1) is 10.3. The van der Waals surface area contributed by atoms with Crippen molar-refractivity contribution in [3.05, 3.63) is 98.8 Å². The fourth-order valence-corrected chi connectivity index (χ4v) is 2.14. The third-order valence-corrected chi connectivity index (χ3v) is 3.10. The van der Waals surface area contributed by atoms with Crippen molar-refractivity contribution in [3.8, 4) is 0 Å². The predicted octanol–water partition coefficient (Wildman–Crippen LogP) is 0.168. The molecule has 0 saturated carbocycles. The van der Waals surface area contributed by atoms with Gasteiger partial charge in [-0.05, 0) is 0 Å². The number of hydrogen-bond donors (Lipinski definition) is 0. The molecule has 0 atom stereocenters. The summed E-state index contributed by atoms with van der Waals surface area (Å²) in [6, 6.07) is 29.3. The molecule has 0 heterocycles. The molecular formula is C21H20Cl2Zr-4. The Labute approximate surface area is 176 Å². The SMILES string of the molecule is [CH2-]C[CH2-].[Cl-].[Cl-].[Zr+2].c1ccc2[cH-]ccc2c1.c1ccc2[cH-]ccc2c1. The second-order valence-corrected chi connectivity index (χ2v) is 4.66. The summed E-state index contributed by atoms with van der Waals surface area (Å²) in [6.45, 7) is 6.75. The molecule has 3 heteroatoms. The number of rotatable bonds is 0. The maximum Gasteiger partial charge on any atom is 2.00 e. The number of fused-ring (bicyclic) bond motifs is 2. The van der Waals surface area contributed by atoms with Crippen LogP contribution in [0.5, 0.6) is 0 Å². The summed E-state index contributed by atoms with van der Waals surface area (Å²) in [6.07, 6.45) is 0.750. The van der Waals surface area contributed by atoms with Gasteiger partial charge in [0.15, 0.2) is 0 Å². The van der Waals surface area contributed by atoms with E-state index in [1.807, 2.05) is 0 Å². The molecule has 0 unspecified atom stereocenters. The summed E-state index contributed by atoms with van der Waals surface area (Å²) >= 11 is 0. The molecule has 0 N–H and O–H groups in total. The molecule has 0 spiro atoms. The van der Waals surface area contributed by atoms with Gasteiger partial charge in [-0.1, -0.05) is 12.1 Å². The van der Waals surface area contributed by atoms with E-state index >= 15 is 0 Å². The van der Waals surface area contributed by atoms with Crippen molar-refractivity contribution >= 4 is 21.5 Å². The van der Waals surface area contributed by atoms with Crippen LogP contribution in [-0.4, -0.2) is 0 Å². The molecule has 4 aromatic rings. The molecule has 126 valence electrons. The minimum atomic E-state index is 0. The Morgan fingerprint density at radius 1 is 0.625 bits per heavy atom. The Morgan fingerprint density at radius 2 is 0.958 bits per heavy atom. The third kappa shape index (κ3) is 7.80. The normalized spacial score (nSPS) is 8.42. The summed E-state index contributed by atoms with van der Waals surface area (Å²) in [5.74, 6) is 0. The van der Waals surface area contributed by atoms with Gasteiger partial charge < -0.3 is 45.1 Å². The zero-order valence-corrected chi connectivity index (χ0v) is 17.4. The molecule has 0 aliphatic rings. The van der Waals surface area contributed by atoms with Gasteiger partial charge in [0.05, 0.1) is 0 Å². The van der Waals surface area contributed by atoms with Crippen molar-refractivity contribution in [2.24, 2.45) is 0 Å². The standard InChI is InChI=1S/2C9H7.C3H6.2ClH.Zr/c2*1-2-5-9-7-3-6-8(9)4-1;1-3-2;;;/h2*1-7H;1-3H2;2*1H;/q2*-1;-2;;;+2/p-2. The molecule has 0 radical (unpaired) electrons. The Bertz CT molecular complexity index is 645. The zero-order chi connectivity index (χ0) is 14.9. The van der Waals surface area contributed by atoms with Crippen molar-refractivity contribution < 1.29 is 51.0 Å². The molecule has 0 saturated heterocycles. The van der Waals surface area contributed by atoms with E-state index in [-0.39, 0.29) is 51.0 Å². The van der Waals surface area contributed by atoms with Crippen molar-refractivity contribution in [2.75, 3.05) is 0 Å². The molecule has 4 rings (SSSR count). The summed E-state index contributed by atoms with van der Waals surface area (Å²) in [5, 5.41) is 5.32. The smallest absolute Gasteiger partial charge is 1.00 e. The van der Waals surface area contributed by atoms with Crippen LogP contribution in [0.1, 0.15) is 6.42 Å². The molecule has 0 amide bonds. The predicted molar refractivity (Wildman–Crippen MR) is 94.4 cm³/mol. The molecule has 0 aliphatic carbocycles. The van der Waals surface area contributed by atoms with Crippen LogP contribution < -0.4 is 24.8 Å². The van der Waals surface area contributed by atoms with Crippen LogP contribution in [-0.2, 0) is 26.2 Å². The molecule has 0 aliphatic heterocycles. The number of hydrogen-bond acceptors (Lipinski definition) is 0. The van der Waals surface area contributed by atoms with Crippen LogP contribution in [0.15, 0.2) is 84.9 Å². The topological polar surface area (TPSA) is 0 Å². The molecule has 0 fully saturated rings. The van der Waals surface area contributed by atoms with E-state index in [0.29, 0.717) is 0 Å². The van der Waals surface area contributed by atoms with Gasteiger partial charge in [-0.15, -0.1) is 59.3 Å². The first kappa shape index (κ1) is 25.4. The second kappa shape index (κ2) is 14.5. The quantitative estimate of drug-likeness (QED) is 0.346. The van der Waals surface area contributed by atoms with E-state index in [9.17, 15) is 0 Å². The summed E-state index contributed by atoms with van der Waals surface area (Å²) in [5.41, 5.74) is 0. The van der Waals surface area contributed by atoms with Crippen LogP contribution >= 0.6 is 0 Å². The Kier molecular flexibility index (Phi) is 15.3. The molecular weight excluding hydrogens is 414 g/mol. The van der Waals surface area contributed by atoms with E-state index in [2.05, 4.69) is 98.8 Å². The molecule has 4 aromatic carbocycles. The second-order valence-electron chi connectivity index (χ2n) is 4.66. The Morgan fingerprint density at radius 3 is 1.29 bits per heavy atom. The fraction of sp³-hybridized carbons (Fsp3) is 0.0476. The van der Waals surface area contributed by atoms with Gasteiger partial charge in [0.2, 0.25) is 0 Å². The van der Waals surface area contributed by atoms with Crippen molar-refractivity contribution in [1.29, 1.82) is 0 Å². The Balaban J connectivity index is 0. The van der Waals surface area contributed by atoms with Crippen molar-refractivity contribution in [1.82, 2.24) is 0 Å². The van der Waals surface area contributed by atoms with Crippen LogP contribution in [0.4, 0.5) is 0 Å². The van der Waals surface area contributed by atoms with Gasteiger partial charge in [-0.25, -0.2) is 0 Å². The van der Waals surface area contributed by atoms with E-state index in [1.165, 1.54) is 21.5 Å². The van der Waals surface area contributed by atoms with Crippen LogP contribution in [0.25, 0.3) is 21.5 Å². The monoisotopic (exact) mass is 432 g/mol. The van der Waals surface area contributed by atoms with Gasteiger partial charge in [0.1, 0.15) is 0 Å². The van der Waals surface area contributed by atoms with Crippen molar-refractivity contribution in [2.45, 2.75) is 6.42 Å². The van der Waals surface area contributed by atoms with Crippen molar-refractivity contribution in [3.63, 3.8) is 0 Å². The maximum atomic E-state index is 3.38. The average Bonchev–Trinajstić information content (AvgIpc) is 3.17. The first-order valence-electron chi connectivity index (χ1n) is 7.14. The molecule has 0 bridgehead atoms. The van der Waals surface area contributed by atoms with Gasteiger partial charge in [-0.3, -0.25) is 0 Å². The maximum absolute atomic E-state index is 3.38. The van der Waals surface area contributed by atoms with Gasteiger partial charge in [0, 0.05) is 0 Å². The average molecular weight is 435 g/mol. The van der Waals surface area contributed by atoms with E-state index in [4.69, 9.17) is 0 Å². The van der Waals surface area contributed by atoms with E-state index < -0.39 is 0 Å². The summed E-state index contributed by atoms with van der Waals surface area (Å²) in [4.78, 5) is 0. The zero-order valence-electron chi connectivity index (χ0n) is 13.5. The first-order valence-corrected chi connectivity index (χ1v) is 7.14. The number of benzene rings is 2. The van der Waals surface area contributed by atoms with Crippen LogP contribution in [0, 0.1) is 13.8 Å². The minimum absolute atomic E-state index is 0. The Hall–Kier alpha value is -0.877. The molecule has 0 aromatic heterocycles. The summed E-state index contributed by atoms with van der Waals surface area (Å²) < 4.78 is 0. The minimum Gasteiger partial charge on any atom is -1.00 e. The van der Waals surface area contributed by atoms with E-state index in [0.717, 1.165) is 6.42 Å². The van der Waals surface area contributed by atoms with Crippen LogP contribution in [0.2, 0.25) is 0 Å². The number of halogens is 2. The fourth-order valence-electron chi connectivity index (χ4n) is 2.14. The van der Waals surface area contributed by atoms with Gasteiger partial charge in [0.25, 0.3) is 0 Å². The summed E-state index contributed by atoms with van der Waals surface area (Å²) in [7, 11) is 0. The largest absolute Gasteiger partial charge is 2.00 e. The third-order valence-electron chi connectivity index (χ3n) is 3.10. The van der Waals surface area contributed by atoms with Gasteiger partial charge >= 0.3 is 26.2 Å². The van der Waals surface area contributed by atoms with E-state index in [1.54, 1.807) is 0 Å². The van der Waals surface area contributed by atoms with Crippen LogP contribution in [0.3, 0.4) is 0 Å².